The summed E-state index contributed by atoms with van der Waals surface area (Å²) in [6.45, 7) is -0.198. The second-order valence-corrected chi connectivity index (χ2v) is 9.34. The first-order valence-corrected chi connectivity index (χ1v) is 10.8. The molecule has 30 heavy (non-hydrogen) atoms. The van der Waals surface area contributed by atoms with Gasteiger partial charge in [-0.1, -0.05) is 6.92 Å². The van der Waals surface area contributed by atoms with Crippen molar-refractivity contribution >= 4 is 21.4 Å². The second-order valence-electron chi connectivity index (χ2n) is 7.40. The molecule has 1 aliphatic heterocycles. The zero-order valence-electron chi connectivity index (χ0n) is 16.6. The molecule has 0 aliphatic carbocycles. The van der Waals surface area contributed by atoms with Gasteiger partial charge in [0.25, 0.3) is 5.69 Å². The van der Waals surface area contributed by atoms with Crippen molar-refractivity contribution < 1.29 is 22.1 Å². The Hall–Kier alpha value is -2.60. The molecule has 0 saturated carbocycles. The summed E-state index contributed by atoms with van der Waals surface area (Å²) in [5.41, 5.74) is -0.312. The summed E-state index contributed by atoms with van der Waals surface area (Å²) in [7, 11) is -2.37. The smallest absolute Gasteiger partial charge is 0.319 e. The van der Waals surface area contributed by atoms with Crippen LogP contribution in [0.3, 0.4) is 0 Å². The van der Waals surface area contributed by atoms with E-state index in [9.17, 15) is 27.3 Å². The predicted octanol–water partition coefficient (Wildman–Crippen LogP) is 3.24. The molecule has 164 valence electrons. The number of nitro groups is 1. The third-order valence-corrected chi connectivity index (χ3v) is 7.01. The summed E-state index contributed by atoms with van der Waals surface area (Å²) in [5.74, 6) is 0.244. The molecule has 1 aromatic carbocycles. The van der Waals surface area contributed by atoms with Gasteiger partial charge in [-0.05, 0) is 30.9 Å². The number of piperidine rings is 1. The highest BCUT2D eigenvalue weighted by atomic mass is 32.2. The van der Waals surface area contributed by atoms with Crippen molar-refractivity contribution in [2.75, 3.05) is 25.0 Å². The molecule has 0 bridgehead atoms. The first kappa shape index (κ1) is 22.1. The Morgan fingerprint density at radius 1 is 1.40 bits per heavy atom. The quantitative estimate of drug-likeness (QED) is 0.481. The zero-order chi connectivity index (χ0) is 22.1. The van der Waals surface area contributed by atoms with Crippen LogP contribution in [0.25, 0.3) is 0 Å². The molecule has 0 spiro atoms. The minimum atomic E-state index is -3.87. The van der Waals surface area contributed by atoms with Crippen molar-refractivity contribution in [2.45, 2.75) is 37.8 Å². The Morgan fingerprint density at radius 2 is 2.13 bits per heavy atom. The van der Waals surface area contributed by atoms with Gasteiger partial charge < -0.3 is 4.90 Å². The largest absolute Gasteiger partial charge is 0.362 e. The summed E-state index contributed by atoms with van der Waals surface area (Å²) in [5, 5.41) is 11.6. The van der Waals surface area contributed by atoms with Gasteiger partial charge in [0.2, 0.25) is 10.0 Å². The van der Waals surface area contributed by atoms with Crippen LogP contribution in [-0.2, 0) is 16.6 Å². The van der Waals surface area contributed by atoms with Gasteiger partial charge in [-0.25, -0.2) is 13.4 Å². The van der Waals surface area contributed by atoms with Crippen LogP contribution in [0.2, 0.25) is 0 Å². The third kappa shape index (κ3) is 4.43. The lowest BCUT2D eigenvalue weighted by atomic mass is 10.0. The average molecular weight is 443 g/mol. The molecule has 2 heterocycles. The maximum Gasteiger partial charge on any atom is 0.319 e. The Kier molecular flexibility index (Phi) is 6.36. The van der Waals surface area contributed by atoms with Crippen LogP contribution in [0.1, 0.15) is 32.1 Å². The number of alkyl halides is 2. The Labute approximate surface area is 173 Å². The van der Waals surface area contributed by atoms with Crippen LogP contribution < -0.4 is 4.90 Å². The molecule has 1 aliphatic rings. The van der Waals surface area contributed by atoms with Crippen LogP contribution in [0.15, 0.2) is 35.5 Å². The van der Waals surface area contributed by atoms with E-state index in [2.05, 4.69) is 4.98 Å². The van der Waals surface area contributed by atoms with E-state index >= 15 is 0 Å². The standard InChI is InChI=1S/C18H23F2N5O4S/c1-13-4-3-8-23(11-13)30(28,29)14-5-6-15(16(10-14)25(26)27)22(2)12-17-21-7-9-24(17)18(19)20/h5-7,9-10,13,18H,3-4,8,11-12H2,1-2H3. The molecule has 12 heteroatoms. The fourth-order valence-corrected chi connectivity index (χ4v) is 5.21. The molecule has 9 nitrogen and oxygen atoms in total. The van der Waals surface area contributed by atoms with Crippen molar-refractivity contribution in [1.82, 2.24) is 13.9 Å². The first-order chi connectivity index (χ1) is 14.1. The average Bonchev–Trinajstić information content (AvgIpc) is 3.15. The molecule has 3 rings (SSSR count). The monoisotopic (exact) mass is 443 g/mol. The lowest BCUT2D eigenvalue weighted by Gasteiger charge is -2.30. The lowest BCUT2D eigenvalue weighted by Crippen LogP contribution is -2.39. The van der Waals surface area contributed by atoms with Gasteiger partial charge >= 0.3 is 6.55 Å². The van der Waals surface area contributed by atoms with Crippen molar-refractivity contribution in [3.63, 3.8) is 0 Å². The van der Waals surface area contributed by atoms with Gasteiger partial charge in [-0.2, -0.15) is 13.1 Å². The maximum atomic E-state index is 13.0. The number of aromatic nitrogens is 2. The summed E-state index contributed by atoms with van der Waals surface area (Å²) in [4.78, 5) is 16.1. The molecule has 1 fully saturated rings. The molecular formula is C18H23F2N5O4S. The van der Waals surface area contributed by atoms with Gasteiger partial charge in [0.05, 0.1) is 16.4 Å². The van der Waals surface area contributed by atoms with Gasteiger partial charge in [0.15, 0.2) is 0 Å². The lowest BCUT2D eigenvalue weighted by molar-refractivity contribution is -0.384. The Bertz CT molecular complexity index is 1030. The molecule has 1 atom stereocenters. The number of nitrogens with zero attached hydrogens (tertiary/aromatic N) is 5. The van der Waals surface area contributed by atoms with E-state index in [1.54, 1.807) is 0 Å². The molecule has 0 amide bonds. The van der Waals surface area contributed by atoms with Crippen molar-refractivity contribution in [3.8, 4) is 0 Å². The minimum absolute atomic E-state index is 0.0285. The fourth-order valence-electron chi connectivity index (χ4n) is 3.59. The number of benzene rings is 1. The number of anilines is 1. The number of imidazole rings is 1. The summed E-state index contributed by atoms with van der Waals surface area (Å²) >= 11 is 0. The van der Waals surface area contributed by atoms with Crippen LogP contribution in [0.5, 0.6) is 0 Å². The highest BCUT2D eigenvalue weighted by Crippen LogP contribution is 2.33. The molecule has 0 radical (unpaired) electrons. The summed E-state index contributed by atoms with van der Waals surface area (Å²) in [6, 6.07) is 3.67. The van der Waals surface area contributed by atoms with Gasteiger partial charge in [0.1, 0.15) is 11.5 Å². The summed E-state index contributed by atoms with van der Waals surface area (Å²) < 4.78 is 54.0. The highest BCUT2D eigenvalue weighted by molar-refractivity contribution is 7.89. The van der Waals surface area contributed by atoms with E-state index in [1.165, 1.54) is 34.6 Å². The van der Waals surface area contributed by atoms with E-state index in [4.69, 9.17) is 0 Å². The highest BCUT2D eigenvalue weighted by Gasteiger charge is 2.31. The number of rotatable bonds is 7. The molecule has 1 unspecified atom stereocenters. The van der Waals surface area contributed by atoms with Crippen LogP contribution in [0.4, 0.5) is 20.2 Å². The number of sulfonamides is 1. The normalized spacial score (nSPS) is 18.0. The van der Waals surface area contributed by atoms with Crippen LogP contribution in [0, 0.1) is 16.0 Å². The first-order valence-electron chi connectivity index (χ1n) is 9.41. The molecular weight excluding hydrogens is 420 g/mol. The number of nitro benzene ring substituents is 1. The zero-order valence-corrected chi connectivity index (χ0v) is 17.4. The van der Waals surface area contributed by atoms with E-state index in [-0.39, 0.29) is 28.9 Å². The van der Waals surface area contributed by atoms with E-state index in [0.717, 1.165) is 25.1 Å². The van der Waals surface area contributed by atoms with Crippen LogP contribution in [-0.4, -0.2) is 47.3 Å². The van der Waals surface area contributed by atoms with Gasteiger partial charge in [0, 0.05) is 38.6 Å². The van der Waals surface area contributed by atoms with Crippen LogP contribution >= 0.6 is 0 Å². The second kappa shape index (κ2) is 8.64. The number of hydrogen-bond donors (Lipinski definition) is 0. The van der Waals surface area contributed by atoms with E-state index < -0.39 is 27.2 Å². The third-order valence-electron chi connectivity index (χ3n) is 5.15. The SMILES string of the molecule is CC1CCCN(S(=O)(=O)c2ccc(N(C)Cc3nccn3C(F)F)c([N+](=O)[O-])c2)C1. The predicted molar refractivity (Wildman–Crippen MR) is 106 cm³/mol. The van der Waals surface area contributed by atoms with Crippen molar-refractivity contribution in [1.29, 1.82) is 0 Å². The molecule has 0 N–H and O–H groups in total. The van der Waals surface area contributed by atoms with Gasteiger partial charge in [-0.3, -0.25) is 14.7 Å². The maximum absolute atomic E-state index is 13.0. The molecule has 2 aromatic rings. The topological polar surface area (TPSA) is 102 Å². The molecule has 1 saturated heterocycles. The summed E-state index contributed by atoms with van der Waals surface area (Å²) in [6.07, 6.45) is 4.01. The molecule has 1 aromatic heterocycles. The number of hydrogen-bond acceptors (Lipinski definition) is 6. The van der Waals surface area contributed by atoms with Crippen molar-refractivity contribution in [2.24, 2.45) is 5.92 Å². The Morgan fingerprint density at radius 3 is 2.77 bits per heavy atom. The van der Waals surface area contributed by atoms with E-state index in [1.807, 2.05) is 6.92 Å². The number of halogens is 2. The minimum Gasteiger partial charge on any atom is -0.362 e. The Balaban J connectivity index is 1.92. The van der Waals surface area contributed by atoms with Crippen molar-refractivity contribution in [3.05, 3.63) is 46.5 Å². The fraction of sp³-hybridized carbons (Fsp3) is 0.500. The van der Waals surface area contributed by atoms with E-state index in [0.29, 0.717) is 17.7 Å². The van der Waals surface area contributed by atoms with Gasteiger partial charge in [-0.15, -0.1) is 0 Å².